The number of anilines is 1. The number of likely N-dealkylation sites (tertiary alicyclic amines) is 1. The number of benzene rings is 1. The van der Waals surface area contributed by atoms with E-state index in [0.29, 0.717) is 18.0 Å². The van der Waals surface area contributed by atoms with Crippen molar-refractivity contribution in [2.24, 2.45) is 0 Å². The second kappa shape index (κ2) is 6.46. The highest BCUT2D eigenvalue weighted by atomic mass is 16.6. The first-order chi connectivity index (χ1) is 10.3. The van der Waals surface area contributed by atoms with Gasteiger partial charge in [0.2, 0.25) is 0 Å². The lowest BCUT2D eigenvalue weighted by molar-refractivity contribution is 0.00949. The van der Waals surface area contributed by atoms with Crippen molar-refractivity contribution in [1.82, 2.24) is 4.90 Å². The zero-order chi connectivity index (χ0) is 16.3. The van der Waals surface area contributed by atoms with Crippen LogP contribution in [0, 0.1) is 0 Å². The maximum absolute atomic E-state index is 12.5. The third-order valence-electron chi connectivity index (χ3n) is 3.77. The molecule has 0 aliphatic carbocycles. The van der Waals surface area contributed by atoms with Crippen LogP contribution in [0.4, 0.5) is 10.5 Å². The number of nitrogen functional groups attached to an aromatic ring is 1. The van der Waals surface area contributed by atoms with Gasteiger partial charge < -0.3 is 20.1 Å². The van der Waals surface area contributed by atoms with Crippen LogP contribution in [0.25, 0.3) is 0 Å². The molecular weight excluding hydrogens is 280 g/mol. The molecule has 22 heavy (non-hydrogen) atoms. The molecule has 1 unspecified atom stereocenters. The van der Waals surface area contributed by atoms with Gasteiger partial charge in [0.15, 0.2) is 0 Å². The number of ether oxygens (including phenoxy) is 2. The van der Waals surface area contributed by atoms with Crippen LogP contribution in [0.3, 0.4) is 0 Å². The lowest BCUT2D eigenvalue weighted by Gasteiger charge is -2.37. The summed E-state index contributed by atoms with van der Waals surface area (Å²) in [6.45, 7) is 6.37. The van der Waals surface area contributed by atoms with E-state index >= 15 is 0 Å². The van der Waals surface area contributed by atoms with Crippen molar-refractivity contribution in [1.29, 1.82) is 0 Å². The molecule has 0 spiro atoms. The highest BCUT2D eigenvalue weighted by molar-refractivity contribution is 5.69. The zero-order valence-corrected chi connectivity index (χ0v) is 13.9. The van der Waals surface area contributed by atoms with Crippen molar-refractivity contribution in [3.8, 4) is 5.75 Å². The minimum atomic E-state index is -0.488. The van der Waals surface area contributed by atoms with E-state index in [1.807, 2.05) is 43.9 Å². The number of hydrogen-bond donors (Lipinski definition) is 1. The molecule has 1 atom stereocenters. The maximum atomic E-state index is 12.5. The first kappa shape index (κ1) is 16.5. The van der Waals surface area contributed by atoms with E-state index in [-0.39, 0.29) is 12.1 Å². The van der Waals surface area contributed by atoms with E-state index in [0.717, 1.165) is 24.8 Å². The normalized spacial score (nSPS) is 18.9. The number of carbonyl (C=O) groups excluding carboxylic acids is 1. The number of methoxy groups -OCH3 is 1. The monoisotopic (exact) mass is 306 g/mol. The molecule has 1 aliphatic rings. The summed E-state index contributed by atoms with van der Waals surface area (Å²) in [5, 5.41) is 0. The minimum Gasteiger partial charge on any atom is -0.495 e. The fraction of sp³-hybridized carbons (Fsp3) is 0.588. The quantitative estimate of drug-likeness (QED) is 0.845. The first-order valence-electron chi connectivity index (χ1n) is 7.75. The summed E-state index contributed by atoms with van der Waals surface area (Å²) in [6, 6.07) is 5.72. The van der Waals surface area contributed by atoms with Gasteiger partial charge in [0.05, 0.1) is 18.8 Å². The lowest BCUT2D eigenvalue weighted by atomic mass is 9.95. The zero-order valence-electron chi connectivity index (χ0n) is 13.9. The van der Waals surface area contributed by atoms with Gasteiger partial charge in [0.25, 0.3) is 0 Å². The molecule has 1 amide bonds. The fourth-order valence-corrected chi connectivity index (χ4v) is 2.75. The Labute approximate surface area is 132 Å². The van der Waals surface area contributed by atoms with Gasteiger partial charge >= 0.3 is 6.09 Å². The molecule has 2 rings (SSSR count). The molecule has 1 heterocycles. The predicted molar refractivity (Wildman–Crippen MR) is 86.9 cm³/mol. The number of hydrogen-bond acceptors (Lipinski definition) is 4. The molecule has 0 aromatic heterocycles. The molecule has 2 N–H and O–H groups in total. The van der Waals surface area contributed by atoms with Crippen LogP contribution in [0.5, 0.6) is 5.75 Å². The SMILES string of the molecule is COc1cc(C2CCCCN2C(=O)OC(C)(C)C)ccc1N. The van der Waals surface area contributed by atoms with Crippen LogP contribution in [-0.4, -0.2) is 30.2 Å². The Morgan fingerprint density at radius 2 is 2.05 bits per heavy atom. The average Bonchev–Trinajstić information content (AvgIpc) is 2.46. The van der Waals surface area contributed by atoms with E-state index in [4.69, 9.17) is 15.2 Å². The molecule has 0 bridgehead atoms. The number of amides is 1. The molecule has 5 heteroatoms. The Kier molecular flexibility index (Phi) is 4.84. The van der Waals surface area contributed by atoms with Gasteiger partial charge in [-0.05, 0) is 57.7 Å². The molecule has 1 aliphatic heterocycles. The van der Waals surface area contributed by atoms with Crippen molar-refractivity contribution >= 4 is 11.8 Å². The summed E-state index contributed by atoms with van der Waals surface area (Å²) in [5.41, 5.74) is 7.03. The van der Waals surface area contributed by atoms with Crippen molar-refractivity contribution in [3.63, 3.8) is 0 Å². The standard InChI is InChI=1S/C17H26N2O3/c1-17(2,3)22-16(20)19-10-6-5-7-14(19)12-8-9-13(18)15(11-12)21-4/h8-9,11,14H,5-7,10,18H2,1-4H3. The largest absolute Gasteiger partial charge is 0.495 e. The van der Waals surface area contributed by atoms with Crippen LogP contribution in [-0.2, 0) is 4.74 Å². The van der Waals surface area contributed by atoms with Gasteiger partial charge in [-0.3, -0.25) is 0 Å². The van der Waals surface area contributed by atoms with E-state index in [1.54, 1.807) is 7.11 Å². The predicted octanol–water partition coefficient (Wildman–Crippen LogP) is 3.74. The Balaban J connectivity index is 2.24. The van der Waals surface area contributed by atoms with E-state index in [9.17, 15) is 4.79 Å². The molecule has 1 aromatic rings. The van der Waals surface area contributed by atoms with Gasteiger partial charge in [-0.25, -0.2) is 4.79 Å². The molecular formula is C17H26N2O3. The molecule has 122 valence electrons. The number of rotatable bonds is 2. The highest BCUT2D eigenvalue weighted by Crippen LogP contribution is 2.35. The van der Waals surface area contributed by atoms with Gasteiger partial charge in [0.1, 0.15) is 11.4 Å². The van der Waals surface area contributed by atoms with Crippen LogP contribution >= 0.6 is 0 Å². The average molecular weight is 306 g/mol. The number of carbonyl (C=O) groups is 1. The highest BCUT2D eigenvalue weighted by Gasteiger charge is 2.31. The lowest BCUT2D eigenvalue weighted by Crippen LogP contribution is -2.41. The second-order valence-electron chi connectivity index (χ2n) is 6.69. The summed E-state index contributed by atoms with van der Waals surface area (Å²) in [6.07, 6.45) is 2.76. The van der Waals surface area contributed by atoms with E-state index in [2.05, 4.69) is 0 Å². The van der Waals surface area contributed by atoms with Crippen molar-refractivity contribution in [2.45, 2.75) is 51.7 Å². The van der Waals surface area contributed by atoms with Gasteiger partial charge in [-0.1, -0.05) is 6.07 Å². The van der Waals surface area contributed by atoms with Crippen molar-refractivity contribution in [3.05, 3.63) is 23.8 Å². The first-order valence-corrected chi connectivity index (χ1v) is 7.75. The minimum absolute atomic E-state index is 0.0121. The van der Waals surface area contributed by atoms with Crippen LogP contribution < -0.4 is 10.5 Å². The topological polar surface area (TPSA) is 64.8 Å². The molecule has 1 aromatic carbocycles. The molecule has 0 saturated carbocycles. The van der Waals surface area contributed by atoms with Crippen LogP contribution in [0.1, 0.15) is 51.6 Å². The summed E-state index contributed by atoms with van der Waals surface area (Å²) in [4.78, 5) is 14.3. The Morgan fingerprint density at radius 3 is 2.68 bits per heavy atom. The van der Waals surface area contributed by atoms with Gasteiger partial charge in [-0.2, -0.15) is 0 Å². The van der Waals surface area contributed by atoms with Crippen LogP contribution in [0.15, 0.2) is 18.2 Å². The summed E-state index contributed by atoms with van der Waals surface area (Å²) >= 11 is 0. The van der Waals surface area contributed by atoms with Crippen molar-refractivity contribution in [2.75, 3.05) is 19.4 Å². The Hall–Kier alpha value is -1.91. The third-order valence-corrected chi connectivity index (χ3v) is 3.77. The fourth-order valence-electron chi connectivity index (χ4n) is 2.75. The van der Waals surface area contributed by atoms with E-state index < -0.39 is 5.60 Å². The third kappa shape index (κ3) is 3.84. The summed E-state index contributed by atoms with van der Waals surface area (Å²) < 4.78 is 10.8. The molecule has 1 saturated heterocycles. The van der Waals surface area contributed by atoms with Gasteiger partial charge in [0, 0.05) is 6.54 Å². The van der Waals surface area contributed by atoms with Crippen molar-refractivity contribution < 1.29 is 14.3 Å². The summed E-state index contributed by atoms with van der Waals surface area (Å²) in [5.74, 6) is 0.646. The number of nitrogens with two attached hydrogens (primary N) is 1. The summed E-state index contributed by atoms with van der Waals surface area (Å²) in [7, 11) is 1.60. The molecule has 0 radical (unpaired) electrons. The number of nitrogens with zero attached hydrogens (tertiary/aromatic N) is 1. The smallest absolute Gasteiger partial charge is 0.410 e. The Bertz CT molecular complexity index is 537. The van der Waals surface area contributed by atoms with Crippen LogP contribution in [0.2, 0.25) is 0 Å². The van der Waals surface area contributed by atoms with E-state index in [1.165, 1.54) is 0 Å². The second-order valence-corrected chi connectivity index (χ2v) is 6.69. The Morgan fingerprint density at radius 1 is 1.32 bits per heavy atom. The van der Waals surface area contributed by atoms with Gasteiger partial charge in [-0.15, -0.1) is 0 Å². The maximum Gasteiger partial charge on any atom is 0.410 e. The number of piperidine rings is 1. The molecule has 5 nitrogen and oxygen atoms in total. The molecule has 1 fully saturated rings.